The van der Waals surface area contributed by atoms with Gasteiger partial charge in [0.25, 0.3) is 5.56 Å². The van der Waals surface area contributed by atoms with Crippen molar-refractivity contribution in [3.8, 4) is 0 Å². The third-order valence-electron chi connectivity index (χ3n) is 7.81. The Morgan fingerprint density at radius 2 is 1.97 bits per heavy atom. The number of hydrogen-bond donors (Lipinski definition) is 0. The van der Waals surface area contributed by atoms with Crippen LogP contribution in [0.2, 0.25) is 0 Å². The van der Waals surface area contributed by atoms with E-state index in [1.54, 1.807) is 24.8 Å². The molecule has 0 aliphatic carbocycles. The Bertz CT molecular complexity index is 1400. The van der Waals surface area contributed by atoms with Gasteiger partial charge in [-0.05, 0) is 47.7 Å². The molecular formula is C28H31F3N4O2. The lowest BCUT2D eigenvalue weighted by Gasteiger charge is -2.41. The third kappa shape index (κ3) is 4.90. The fraction of sp³-hybridized carbons (Fsp3) is 0.429. The fourth-order valence-corrected chi connectivity index (χ4v) is 5.72. The number of aromatic nitrogens is 2. The molecule has 0 spiro atoms. The number of ether oxygens (including phenoxy) is 1. The van der Waals surface area contributed by atoms with Crippen molar-refractivity contribution >= 4 is 10.9 Å². The maximum absolute atomic E-state index is 13.3. The van der Waals surface area contributed by atoms with E-state index in [2.05, 4.69) is 33.5 Å². The molecule has 0 radical (unpaired) electrons. The van der Waals surface area contributed by atoms with E-state index in [4.69, 9.17) is 4.74 Å². The summed E-state index contributed by atoms with van der Waals surface area (Å²) in [6.45, 7) is 8.24. The zero-order valence-electron chi connectivity index (χ0n) is 21.1. The van der Waals surface area contributed by atoms with Crippen molar-refractivity contribution < 1.29 is 17.9 Å². The van der Waals surface area contributed by atoms with Gasteiger partial charge in [-0.1, -0.05) is 18.7 Å². The number of rotatable bonds is 6. The zero-order valence-corrected chi connectivity index (χ0v) is 21.1. The molecule has 1 fully saturated rings. The van der Waals surface area contributed by atoms with Crippen LogP contribution in [0.25, 0.3) is 10.9 Å². The second-order valence-corrected chi connectivity index (χ2v) is 10.2. The maximum atomic E-state index is 13.3. The second kappa shape index (κ2) is 9.61. The monoisotopic (exact) mass is 512 g/mol. The molecule has 0 bridgehead atoms. The van der Waals surface area contributed by atoms with E-state index in [0.717, 1.165) is 60.1 Å². The zero-order chi connectivity index (χ0) is 26.4. The molecule has 6 nitrogen and oxygen atoms in total. The number of methoxy groups -OCH3 is 1. The molecule has 0 N–H and O–H groups in total. The lowest BCUT2D eigenvalue weighted by Crippen LogP contribution is -2.42. The number of nitrogens with zero attached hydrogens (tertiary/aromatic N) is 4. The van der Waals surface area contributed by atoms with Crippen molar-refractivity contribution in [1.29, 1.82) is 0 Å². The number of fused-ring (bicyclic) bond motifs is 2. The molecule has 9 heteroatoms. The first-order chi connectivity index (χ1) is 17.6. The normalized spacial score (nSPS) is 20.4. The molecule has 3 aromatic rings. The van der Waals surface area contributed by atoms with Crippen LogP contribution in [0, 0.1) is 5.41 Å². The number of hydrogen-bond acceptors (Lipinski definition) is 5. The second-order valence-electron chi connectivity index (χ2n) is 10.2. The molecular weight excluding hydrogens is 481 g/mol. The number of aryl methyl sites for hydroxylation is 1. The van der Waals surface area contributed by atoms with Crippen molar-refractivity contribution in [1.82, 2.24) is 19.4 Å². The van der Waals surface area contributed by atoms with Crippen LogP contribution in [-0.4, -0.2) is 52.7 Å². The van der Waals surface area contributed by atoms with Crippen molar-refractivity contribution in [3.63, 3.8) is 0 Å². The minimum atomic E-state index is -4.42. The highest BCUT2D eigenvalue weighted by Gasteiger charge is 2.43. The summed E-state index contributed by atoms with van der Waals surface area (Å²) in [6, 6.07) is 10.8. The van der Waals surface area contributed by atoms with Crippen LogP contribution in [0.3, 0.4) is 0 Å². The molecule has 2 aliphatic heterocycles. The molecule has 1 atom stereocenters. The number of alkyl halides is 3. The molecule has 1 saturated heterocycles. The van der Waals surface area contributed by atoms with E-state index in [0.29, 0.717) is 31.7 Å². The Kier molecular flexibility index (Phi) is 6.62. The van der Waals surface area contributed by atoms with Crippen LogP contribution in [0.5, 0.6) is 0 Å². The minimum absolute atomic E-state index is 0.0399. The highest BCUT2D eigenvalue weighted by molar-refractivity contribution is 5.79. The molecule has 2 aromatic heterocycles. The van der Waals surface area contributed by atoms with E-state index in [-0.39, 0.29) is 11.0 Å². The van der Waals surface area contributed by atoms with Gasteiger partial charge in [-0.15, -0.1) is 0 Å². The van der Waals surface area contributed by atoms with E-state index in [1.807, 2.05) is 12.1 Å². The summed E-state index contributed by atoms with van der Waals surface area (Å²) in [4.78, 5) is 20.6. The van der Waals surface area contributed by atoms with Gasteiger partial charge in [0.05, 0.1) is 17.7 Å². The van der Waals surface area contributed by atoms with Gasteiger partial charge in [0.15, 0.2) is 0 Å². The molecule has 5 rings (SSSR count). The predicted molar refractivity (Wildman–Crippen MR) is 136 cm³/mol. The highest BCUT2D eigenvalue weighted by Crippen LogP contribution is 2.41. The topological polar surface area (TPSA) is 50.6 Å². The third-order valence-corrected chi connectivity index (χ3v) is 7.81. The van der Waals surface area contributed by atoms with Gasteiger partial charge in [-0.2, -0.15) is 13.2 Å². The van der Waals surface area contributed by atoms with Crippen LogP contribution >= 0.6 is 0 Å². The van der Waals surface area contributed by atoms with Gasteiger partial charge in [0, 0.05) is 75.8 Å². The van der Waals surface area contributed by atoms with E-state index in [9.17, 15) is 18.0 Å². The van der Waals surface area contributed by atoms with Crippen molar-refractivity contribution in [3.05, 3.63) is 87.6 Å². The first-order valence-corrected chi connectivity index (χ1v) is 12.4. The molecule has 1 unspecified atom stereocenters. The lowest BCUT2D eigenvalue weighted by atomic mass is 9.83. The van der Waals surface area contributed by atoms with Gasteiger partial charge in [0.1, 0.15) is 0 Å². The van der Waals surface area contributed by atoms with Crippen molar-refractivity contribution in [2.75, 3.05) is 33.4 Å². The smallest absolute Gasteiger partial charge is 0.384 e. The van der Waals surface area contributed by atoms with Crippen LogP contribution in [0.1, 0.15) is 28.8 Å². The summed E-state index contributed by atoms with van der Waals surface area (Å²) in [5.74, 6) is 0. The lowest BCUT2D eigenvalue weighted by molar-refractivity contribution is -0.137. The number of benzene rings is 1. The Morgan fingerprint density at radius 3 is 2.73 bits per heavy atom. The van der Waals surface area contributed by atoms with E-state index in [1.165, 1.54) is 6.07 Å². The SMILES string of the molecule is C=C(N1CCc2ncc(C(F)(F)F)cc2C1)C1(COC)CCN(Cc2ccc3ccc(=O)n(C)c3c2)C1. The van der Waals surface area contributed by atoms with Crippen LogP contribution in [0.15, 0.2) is 59.7 Å². The largest absolute Gasteiger partial charge is 0.417 e. The summed E-state index contributed by atoms with van der Waals surface area (Å²) in [6.07, 6.45) is -2.07. The van der Waals surface area contributed by atoms with Crippen LogP contribution < -0.4 is 5.56 Å². The minimum Gasteiger partial charge on any atom is -0.384 e. The van der Waals surface area contributed by atoms with Crippen LogP contribution in [0.4, 0.5) is 13.2 Å². The van der Waals surface area contributed by atoms with Crippen LogP contribution in [-0.2, 0) is 37.5 Å². The van der Waals surface area contributed by atoms with Crippen molar-refractivity contribution in [2.24, 2.45) is 12.5 Å². The highest BCUT2D eigenvalue weighted by atomic mass is 19.4. The molecule has 196 valence electrons. The quantitative estimate of drug-likeness (QED) is 0.491. The summed E-state index contributed by atoms with van der Waals surface area (Å²) >= 11 is 0. The fourth-order valence-electron chi connectivity index (χ4n) is 5.72. The molecule has 2 aliphatic rings. The Morgan fingerprint density at radius 1 is 1.19 bits per heavy atom. The Hall–Kier alpha value is -3.17. The summed E-state index contributed by atoms with van der Waals surface area (Å²) in [7, 11) is 3.45. The summed E-state index contributed by atoms with van der Waals surface area (Å²) in [5, 5.41) is 1.02. The number of likely N-dealkylation sites (tertiary alicyclic amines) is 1. The Balaban J connectivity index is 1.34. The van der Waals surface area contributed by atoms with Gasteiger partial charge in [-0.3, -0.25) is 14.7 Å². The molecule has 1 aromatic carbocycles. The average Bonchev–Trinajstić information content (AvgIpc) is 3.28. The summed E-state index contributed by atoms with van der Waals surface area (Å²) in [5.41, 5.74) is 3.15. The average molecular weight is 513 g/mol. The molecule has 0 saturated carbocycles. The predicted octanol–water partition coefficient (Wildman–Crippen LogP) is 4.36. The van der Waals surface area contributed by atoms with Gasteiger partial charge in [0.2, 0.25) is 0 Å². The first-order valence-electron chi connectivity index (χ1n) is 12.4. The van der Waals surface area contributed by atoms with E-state index < -0.39 is 11.7 Å². The van der Waals surface area contributed by atoms with Gasteiger partial charge < -0.3 is 14.2 Å². The maximum Gasteiger partial charge on any atom is 0.417 e. The van der Waals surface area contributed by atoms with Gasteiger partial charge in [-0.25, -0.2) is 0 Å². The van der Waals surface area contributed by atoms with Crippen molar-refractivity contribution in [2.45, 2.75) is 32.1 Å². The number of halogens is 3. The molecule has 4 heterocycles. The van der Waals surface area contributed by atoms with E-state index >= 15 is 0 Å². The number of pyridine rings is 2. The standard InChI is InChI=1S/C28H31F3N4O2/c1-19(35-10-8-24-22(16-35)13-23(14-32-24)28(29,30)31)27(18-37-3)9-11-34(17-27)15-20-4-5-21-6-7-26(36)33(2)25(21)12-20/h4-7,12-14H,1,8-11,15-18H2,2-3H3. The van der Waals surface area contributed by atoms with Gasteiger partial charge >= 0.3 is 6.18 Å². The molecule has 37 heavy (non-hydrogen) atoms. The molecule has 0 amide bonds. The first kappa shape index (κ1) is 25.5. The Labute approximate surface area is 214 Å². The summed E-state index contributed by atoms with van der Waals surface area (Å²) < 4.78 is 47.1.